The number of carbonyl (C=O) groups excluding carboxylic acids is 2. The number of benzene rings is 1. The van der Waals surface area contributed by atoms with Crippen LogP contribution in [-0.4, -0.2) is 43.1 Å². The molecule has 1 aromatic carbocycles. The van der Waals surface area contributed by atoms with Gasteiger partial charge in [-0.3, -0.25) is 9.59 Å². The molecular weight excluding hydrogens is 342 g/mol. The molecule has 140 valence electrons. The summed E-state index contributed by atoms with van der Waals surface area (Å²) >= 11 is 5.83. The normalized spacial score (nSPS) is 10.4. The molecule has 0 aliphatic heterocycles. The van der Waals surface area contributed by atoms with Gasteiger partial charge in [0.2, 0.25) is 0 Å². The quantitative estimate of drug-likeness (QED) is 0.411. The highest BCUT2D eigenvalue weighted by molar-refractivity contribution is 6.30. The predicted octanol–water partition coefficient (Wildman–Crippen LogP) is 4.08. The number of halogens is 1. The van der Waals surface area contributed by atoms with Crippen LogP contribution in [0.1, 0.15) is 46.0 Å². The Labute approximate surface area is 155 Å². The maximum atomic E-state index is 12.4. The number of hydrogen-bond donors (Lipinski definition) is 0. The molecule has 25 heavy (non-hydrogen) atoms. The highest BCUT2D eigenvalue weighted by Gasteiger charge is 2.16. The Morgan fingerprint density at radius 1 is 1.04 bits per heavy atom. The average Bonchev–Trinajstić information content (AvgIpc) is 2.60. The lowest BCUT2D eigenvalue weighted by atomic mass is 10.2. The van der Waals surface area contributed by atoms with Gasteiger partial charge in [-0.05, 0) is 37.6 Å². The number of hydrogen-bond acceptors (Lipinski definition) is 4. The second-order valence-electron chi connectivity index (χ2n) is 5.74. The van der Waals surface area contributed by atoms with E-state index in [0.29, 0.717) is 30.5 Å². The highest BCUT2D eigenvalue weighted by Crippen LogP contribution is 2.15. The summed E-state index contributed by atoms with van der Waals surface area (Å²) in [6, 6.07) is 6.87. The number of ether oxygens (including phenoxy) is 2. The Morgan fingerprint density at radius 3 is 2.40 bits per heavy atom. The number of amides is 1. The van der Waals surface area contributed by atoms with Crippen LogP contribution in [-0.2, 0) is 14.3 Å². The van der Waals surface area contributed by atoms with E-state index in [1.165, 1.54) is 0 Å². The first-order chi connectivity index (χ1) is 12.1. The van der Waals surface area contributed by atoms with Crippen molar-refractivity contribution >= 4 is 23.5 Å². The molecule has 0 atom stereocenters. The molecule has 0 unspecified atom stereocenters. The van der Waals surface area contributed by atoms with Crippen LogP contribution in [0.2, 0.25) is 5.02 Å². The minimum atomic E-state index is -0.285. The molecule has 0 bridgehead atoms. The highest BCUT2D eigenvalue weighted by atomic mass is 35.5. The van der Waals surface area contributed by atoms with Crippen LogP contribution in [0.4, 0.5) is 0 Å². The lowest BCUT2D eigenvalue weighted by Gasteiger charge is -2.22. The van der Waals surface area contributed by atoms with Gasteiger partial charge in [-0.1, -0.05) is 37.8 Å². The number of carbonyl (C=O) groups is 2. The van der Waals surface area contributed by atoms with Crippen LogP contribution in [0.25, 0.3) is 0 Å². The number of rotatable bonds is 12. The molecule has 0 aliphatic rings. The van der Waals surface area contributed by atoms with Crippen LogP contribution in [0.15, 0.2) is 24.3 Å². The van der Waals surface area contributed by atoms with Crippen molar-refractivity contribution in [2.45, 2.75) is 46.0 Å². The summed E-state index contributed by atoms with van der Waals surface area (Å²) in [4.78, 5) is 25.7. The monoisotopic (exact) mass is 369 g/mol. The van der Waals surface area contributed by atoms with Gasteiger partial charge in [-0.25, -0.2) is 0 Å². The first-order valence-electron chi connectivity index (χ1n) is 8.88. The largest absolute Gasteiger partial charge is 0.484 e. The summed E-state index contributed by atoms with van der Waals surface area (Å²) in [5.74, 6) is 0.178. The molecule has 1 aromatic rings. The molecule has 0 radical (unpaired) electrons. The lowest BCUT2D eigenvalue weighted by molar-refractivity contribution is -0.144. The third kappa shape index (κ3) is 9.34. The van der Waals surface area contributed by atoms with E-state index in [9.17, 15) is 9.59 Å². The van der Waals surface area contributed by atoms with Gasteiger partial charge in [-0.15, -0.1) is 0 Å². The van der Waals surface area contributed by atoms with Gasteiger partial charge in [-0.2, -0.15) is 0 Å². The minimum Gasteiger partial charge on any atom is -0.484 e. The Morgan fingerprint density at radius 2 is 1.76 bits per heavy atom. The molecule has 5 nitrogen and oxygen atoms in total. The SMILES string of the molecule is CCCCCCN(CCC(=O)OCC)C(=O)COc1ccc(Cl)cc1. The fourth-order valence-electron chi connectivity index (χ4n) is 2.32. The third-order valence-corrected chi connectivity index (χ3v) is 3.95. The van der Waals surface area contributed by atoms with Crippen molar-refractivity contribution in [3.8, 4) is 5.75 Å². The predicted molar refractivity (Wildman–Crippen MR) is 98.9 cm³/mol. The minimum absolute atomic E-state index is 0.0573. The van der Waals surface area contributed by atoms with Gasteiger partial charge in [0.1, 0.15) is 5.75 Å². The van der Waals surface area contributed by atoms with E-state index in [0.717, 1.165) is 25.7 Å². The van der Waals surface area contributed by atoms with E-state index in [4.69, 9.17) is 21.1 Å². The van der Waals surface area contributed by atoms with Crippen LogP contribution < -0.4 is 4.74 Å². The van der Waals surface area contributed by atoms with Crippen molar-refractivity contribution in [1.82, 2.24) is 4.90 Å². The number of unbranched alkanes of at least 4 members (excludes halogenated alkanes) is 3. The average molecular weight is 370 g/mol. The maximum Gasteiger partial charge on any atom is 0.307 e. The van der Waals surface area contributed by atoms with Crippen molar-refractivity contribution in [2.75, 3.05) is 26.3 Å². The van der Waals surface area contributed by atoms with Crippen LogP contribution in [0.3, 0.4) is 0 Å². The molecule has 0 aliphatic carbocycles. The number of esters is 1. The van der Waals surface area contributed by atoms with Gasteiger partial charge >= 0.3 is 5.97 Å². The van der Waals surface area contributed by atoms with E-state index < -0.39 is 0 Å². The molecule has 0 saturated carbocycles. The van der Waals surface area contributed by atoms with Crippen LogP contribution >= 0.6 is 11.6 Å². The van der Waals surface area contributed by atoms with Crippen LogP contribution in [0, 0.1) is 0 Å². The zero-order valence-electron chi connectivity index (χ0n) is 15.1. The standard InChI is InChI=1S/C19H28ClNO4/c1-3-5-6-7-13-21(14-12-19(23)24-4-2)18(22)15-25-17-10-8-16(20)9-11-17/h8-11H,3-7,12-15H2,1-2H3. The van der Waals surface area contributed by atoms with E-state index in [2.05, 4.69) is 6.92 Å². The molecule has 1 amide bonds. The summed E-state index contributed by atoms with van der Waals surface area (Å²) in [7, 11) is 0. The van der Waals surface area contributed by atoms with Gasteiger partial charge in [0, 0.05) is 18.1 Å². The topological polar surface area (TPSA) is 55.8 Å². The smallest absolute Gasteiger partial charge is 0.307 e. The summed E-state index contributed by atoms with van der Waals surface area (Å²) in [6.45, 7) is 5.19. The van der Waals surface area contributed by atoms with Crippen molar-refractivity contribution in [3.05, 3.63) is 29.3 Å². The molecule has 6 heteroatoms. The first-order valence-corrected chi connectivity index (χ1v) is 9.26. The van der Waals surface area contributed by atoms with E-state index in [-0.39, 0.29) is 24.9 Å². The first kappa shape index (κ1) is 21.3. The fraction of sp³-hybridized carbons (Fsp3) is 0.579. The van der Waals surface area contributed by atoms with Gasteiger partial charge in [0.05, 0.1) is 13.0 Å². The van der Waals surface area contributed by atoms with E-state index in [1.54, 1.807) is 36.1 Å². The third-order valence-electron chi connectivity index (χ3n) is 3.70. The lowest BCUT2D eigenvalue weighted by Crippen LogP contribution is -2.37. The second-order valence-corrected chi connectivity index (χ2v) is 6.18. The van der Waals surface area contributed by atoms with Crippen molar-refractivity contribution in [3.63, 3.8) is 0 Å². The molecular formula is C19H28ClNO4. The summed E-state index contributed by atoms with van der Waals surface area (Å²) in [5, 5.41) is 0.616. The molecule has 0 saturated heterocycles. The van der Waals surface area contributed by atoms with E-state index in [1.807, 2.05) is 0 Å². The van der Waals surface area contributed by atoms with Crippen molar-refractivity contribution in [1.29, 1.82) is 0 Å². The summed E-state index contributed by atoms with van der Waals surface area (Å²) in [6.07, 6.45) is 4.47. The molecule has 1 rings (SSSR count). The Hall–Kier alpha value is -1.75. The van der Waals surface area contributed by atoms with Gasteiger partial charge < -0.3 is 14.4 Å². The Balaban J connectivity index is 2.50. The molecule has 0 N–H and O–H groups in total. The van der Waals surface area contributed by atoms with Crippen molar-refractivity contribution in [2.24, 2.45) is 0 Å². The summed E-state index contributed by atoms with van der Waals surface area (Å²) < 4.78 is 10.5. The maximum absolute atomic E-state index is 12.4. The summed E-state index contributed by atoms with van der Waals surface area (Å²) in [5.41, 5.74) is 0. The van der Waals surface area contributed by atoms with Crippen LogP contribution in [0.5, 0.6) is 5.75 Å². The van der Waals surface area contributed by atoms with Gasteiger partial charge in [0.25, 0.3) is 5.91 Å². The van der Waals surface area contributed by atoms with Gasteiger partial charge in [0.15, 0.2) is 6.61 Å². The molecule has 0 heterocycles. The Bertz CT molecular complexity index is 519. The molecule has 0 fully saturated rings. The second kappa shape index (κ2) is 12.6. The zero-order chi connectivity index (χ0) is 18.5. The van der Waals surface area contributed by atoms with Crippen molar-refractivity contribution < 1.29 is 19.1 Å². The number of nitrogens with zero attached hydrogens (tertiary/aromatic N) is 1. The molecule has 0 spiro atoms. The van der Waals surface area contributed by atoms with E-state index >= 15 is 0 Å². The Kier molecular flexibility index (Phi) is 10.7. The molecule has 0 aromatic heterocycles. The zero-order valence-corrected chi connectivity index (χ0v) is 15.9. The fourth-order valence-corrected chi connectivity index (χ4v) is 2.44.